The fourth-order valence-corrected chi connectivity index (χ4v) is 3.54. The number of amides is 1. The summed E-state index contributed by atoms with van der Waals surface area (Å²) >= 11 is 0. The number of furan rings is 1. The van der Waals surface area contributed by atoms with Crippen LogP contribution in [-0.2, 0) is 14.3 Å². The number of carbonyl (C=O) groups excluding carboxylic acids is 2. The Labute approximate surface area is 182 Å². The third-order valence-electron chi connectivity index (χ3n) is 5.01. The molecule has 3 rings (SSSR count). The van der Waals surface area contributed by atoms with Gasteiger partial charge in [0, 0.05) is 25.8 Å². The molecule has 0 aliphatic carbocycles. The number of Topliss-reactive ketones (excluding diaryl/α,β-unsaturated/α-hetero) is 1. The molecule has 0 bridgehead atoms. The molecule has 1 atom stereocenters. The molecule has 2 heterocycles. The second-order valence-electron chi connectivity index (χ2n) is 8.02. The van der Waals surface area contributed by atoms with Crippen LogP contribution in [0.4, 0.5) is 0 Å². The van der Waals surface area contributed by atoms with E-state index in [2.05, 4.69) is 0 Å². The lowest BCUT2D eigenvalue weighted by atomic mass is 9.99. The first-order valence-corrected chi connectivity index (χ1v) is 10.4. The lowest BCUT2D eigenvalue weighted by Gasteiger charge is -2.23. The van der Waals surface area contributed by atoms with Gasteiger partial charge in [-0.05, 0) is 43.5 Å². The van der Waals surface area contributed by atoms with E-state index in [1.54, 1.807) is 50.4 Å². The fourth-order valence-electron chi connectivity index (χ4n) is 3.54. The summed E-state index contributed by atoms with van der Waals surface area (Å²) in [5.74, 6) is 0.367. The predicted octanol–water partition coefficient (Wildman–Crippen LogP) is 4.08. The van der Waals surface area contributed by atoms with Crippen LogP contribution in [0.3, 0.4) is 0 Å². The number of benzene rings is 1. The van der Waals surface area contributed by atoms with E-state index in [1.165, 1.54) is 4.90 Å². The monoisotopic (exact) mass is 427 g/mol. The van der Waals surface area contributed by atoms with E-state index in [0.29, 0.717) is 54.9 Å². The molecule has 0 saturated carbocycles. The number of ketones is 1. The van der Waals surface area contributed by atoms with Crippen molar-refractivity contribution < 1.29 is 28.6 Å². The molecule has 7 nitrogen and oxygen atoms in total. The first kappa shape index (κ1) is 22.6. The van der Waals surface area contributed by atoms with Gasteiger partial charge in [0.05, 0.1) is 12.2 Å². The number of nitrogens with zero attached hydrogens (tertiary/aromatic N) is 1. The van der Waals surface area contributed by atoms with Crippen LogP contribution in [0.1, 0.15) is 43.4 Å². The van der Waals surface area contributed by atoms with Crippen LogP contribution >= 0.6 is 0 Å². The van der Waals surface area contributed by atoms with E-state index >= 15 is 0 Å². The molecular formula is C24H29NO6. The van der Waals surface area contributed by atoms with Crippen LogP contribution in [0.5, 0.6) is 5.75 Å². The highest BCUT2D eigenvalue weighted by atomic mass is 16.5. The summed E-state index contributed by atoms with van der Waals surface area (Å²) in [6, 6.07) is 9.57. The molecule has 1 aromatic carbocycles. The molecule has 166 valence electrons. The summed E-state index contributed by atoms with van der Waals surface area (Å²) in [6.07, 6.45) is 0.554. The highest BCUT2D eigenvalue weighted by Gasteiger charge is 2.47. The van der Waals surface area contributed by atoms with Gasteiger partial charge in [-0.1, -0.05) is 26.0 Å². The quantitative estimate of drug-likeness (QED) is 0.281. The van der Waals surface area contributed by atoms with E-state index < -0.39 is 17.7 Å². The molecule has 7 heteroatoms. The van der Waals surface area contributed by atoms with Gasteiger partial charge in [0.1, 0.15) is 29.1 Å². The molecule has 1 amide bonds. The van der Waals surface area contributed by atoms with E-state index in [9.17, 15) is 14.7 Å². The van der Waals surface area contributed by atoms with Crippen molar-refractivity contribution >= 4 is 17.4 Å². The maximum absolute atomic E-state index is 12.9. The normalized spacial score (nSPS) is 18.2. The number of likely N-dealkylation sites (tertiary alicyclic amines) is 1. The number of ether oxygens (including phenoxy) is 2. The number of hydrogen-bond acceptors (Lipinski definition) is 6. The molecule has 0 radical (unpaired) electrons. The topological polar surface area (TPSA) is 89.2 Å². The number of carbonyl (C=O) groups is 2. The average molecular weight is 427 g/mol. The molecular weight excluding hydrogens is 398 g/mol. The van der Waals surface area contributed by atoms with Crippen molar-refractivity contribution in [2.75, 3.05) is 26.9 Å². The molecule has 2 aromatic rings. The number of methoxy groups -OCH3 is 1. The van der Waals surface area contributed by atoms with Crippen molar-refractivity contribution in [1.29, 1.82) is 0 Å². The predicted molar refractivity (Wildman–Crippen MR) is 116 cm³/mol. The van der Waals surface area contributed by atoms with Gasteiger partial charge in [-0.3, -0.25) is 9.59 Å². The zero-order valence-corrected chi connectivity index (χ0v) is 18.4. The molecule has 1 fully saturated rings. The van der Waals surface area contributed by atoms with E-state index in [1.807, 2.05) is 13.8 Å². The highest BCUT2D eigenvalue weighted by Crippen LogP contribution is 2.40. The Hall–Kier alpha value is -3.06. The summed E-state index contributed by atoms with van der Waals surface area (Å²) < 4.78 is 16.6. The van der Waals surface area contributed by atoms with Crippen molar-refractivity contribution in [2.45, 2.75) is 33.2 Å². The summed E-state index contributed by atoms with van der Waals surface area (Å²) in [5, 5.41) is 11.1. The van der Waals surface area contributed by atoms with Crippen LogP contribution < -0.4 is 4.74 Å². The fraction of sp³-hybridized carbons (Fsp3) is 0.417. The zero-order chi connectivity index (χ0) is 22.5. The Kier molecular flexibility index (Phi) is 7.17. The molecule has 1 aliphatic heterocycles. The SMILES string of the molecule is COCCCN1C(=O)C(=O)/C(=C(\O)c2cccc(OCC(C)C)c2)C1c1ccc(C)o1. The molecule has 0 spiro atoms. The van der Waals surface area contributed by atoms with Gasteiger partial charge in [0.25, 0.3) is 11.7 Å². The zero-order valence-electron chi connectivity index (χ0n) is 18.4. The largest absolute Gasteiger partial charge is 0.507 e. The van der Waals surface area contributed by atoms with E-state index in [-0.39, 0.29) is 11.3 Å². The van der Waals surface area contributed by atoms with Crippen molar-refractivity contribution in [2.24, 2.45) is 5.92 Å². The minimum Gasteiger partial charge on any atom is -0.507 e. The van der Waals surface area contributed by atoms with Crippen molar-refractivity contribution in [3.8, 4) is 5.75 Å². The molecule has 1 saturated heterocycles. The number of aliphatic hydroxyl groups excluding tert-OH is 1. The van der Waals surface area contributed by atoms with Crippen molar-refractivity contribution in [1.82, 2.24) is 4.90 Å². The minimum atomic E-state index is -0.800. The van der Waals surface area contributed by atoms with Gasteiger partial charge in [0.2, 0.25) is 0 Å². The summed E-state index contributed by atoms with van der Waals surface area (Å²) in [6.45, 7) is 7.15. The third kappa shape index (κ3) is 4.99. The first-order valence-electron chi connectivity index (χ1n) is 10.4. The van der Waals surface area contributed by atoms with Gasteiger partial charge in [-0.2, -0.15) is 0 Å². The smallest absolute Gasteiger partial charge is 0.295 e. The Morgan fingerprint density at radius 3 is 2.65 bits per heavy atom. The van der Waals surface area contributed by atoms with Crippen LogP contribution in [0.2, 0.25) is 0 Å². The van der Waals surface area contributed by atoms with E-state index in [4.69, 9.17) is 13.9 Å². The molecule has 1 aromatic heterocycles. The Morgan fingerprint density at radius 2 is 2.00 bits per heavy atom. The van der Waals surface area contributed by atoms with Crippen LogP contribution in [0.25, 0.3) is 5.76 Å². The summed E-state index contributed by atoms with van der Waals surface area (Å²) in [7, 11) is 1.58. The Morgan fingerprint density at radius 1 is 1.23 bits per heavy atom. The summed E-state index contributed by atoms with van der Waals surface area (Å²) in [4.78, 5) is 27.2. The summed E-state index contributed by atoms with van der Waals surface area (Å²) in [5.41, 5.74) is 0.419. The maximum atomic E-state index is 12.9. The van der Waals surface area contributed by atoms with Gasteiger partial charge in [0.15, 0.2) is 0 Å². The molecule has 1 unspecified atom stereocenters. The van der Waals surface area contributed by atoms with E-state index in [0.717, 1.165) is 0 Å². The maximum Gasteiger partial charge on any atom is 0.295 e. The van der Waals surface area contributed by atoms with Gasteiger partial charge < -0.3 is 23.9 Å². The standard InChI is InChI=1S/C24H29NO6/c1-15(2)14-30-18-8-5-7-17(13-18)22(26)20-21(19-10-9-16(3)31-19)25(11-6-12-29-4)24(28)23(20)27/h5,7-10,13,15,21,26H,6,11-12,14H2,1-4H3/b22-20-. The molecule has 1 aliphatic rings. The highest BCUT2D eigenvalue weighted by molar-refractivity contribution is 6.46. The number of aryl methyl sites for hydroxylation is 1. The number of rotatable bonds is 9. The lowest BCUT2D eigenvalue weighted by Crippen LogP contribution is -2.31. The van der Waals surface area contributed by atoms with Crippen molar-refractivity contribution in [3.05, 3.63) is 59.1 Å². The van der Waals surface area contributed by atoms with Crippen LogP contribution in [0, 0.1) is 12.8 Å². The van der Waals surface area contributed by atoms with Gasteiger partial charge in [-0.25, -0.2) is 0 Å². The molecule has 31 heavy (non-hydrogen) atoms. The van der Waals surface area contributed by atoms with Gasteiger partial charge in [-0.15, -0.1) is 0 Å². The lowest BCUT2D eigenvalue weighted by molar-refractivity contribution is -0.140. The molecule has 1 N–H and O–H groups in total. The van der Waals surface area contributed by atoms with Crippen LogP contribution in [0.15, 0.2) is 46.4 Å². The second kappa shape index (κ2) is 9.83. The van der Waals surface area contributed by atoms with Crippen molar-refractivity contribution in [3.63, 3.8) is 0 Å². The average Bonchev–Trinajstić information content (AvgIpc) is 3.28. The van der Waals surface area contributed by atoms with Crippen LogP contribution in [-0.4, -0.2) is 48.6 Å². The third-order valence-corrected chi connectivity index (χ3v) is 5.01. The number of aliphatic hydroxyl groups is 1. The first-order chi connectivity index (χ1) is 14.8. The Balaban J connectivity index is 2.03. The Bertz CT molecular complexity index is 974. The second-order valence-corrected chi connectivity index (χ2v) is 8.02. The minimum absolute atomic E-state index is 0.0118. The van der Waals surface area contributed by atoms with Gasteiger partial charge >= 0.3 is 0 Å². The number of hydrogen-bond donors (Lipinski definition) is 1.